The van der Waals surface area contributed by atoms with Gasteiger partial charge in [-0.1, -0.05) is 47.1 Å². The number of aromatic nitrogens is 4. The summed E-state index contributed by atoms with van der Waals surface area (Å²) in [5.74, 6) is 0.768. The zero-order valence-electron chi connectivity index (χ0n) is 15.7. The Morgan fingerprint density at radius 2 is 2.03 bits per heavy atom. The van der Waals surface area contributed by atoms with Gasteiger partial charge in [-0.3, -0.25) is 14.3 Å². The smallest absolute Gasteiger partial charge is 0.230 e. The summed E-state index contributed by atoms with van der Waals surface area (Å²) in [5, 5.41) is 13.2. The van der Waals surface area contributed by atoms with E-state index in [0.717, 1.165) is 11.1 Å². The van der Waals surface area contributed by atoms with Crippen LogP contribution in [-0.2, 0) is 11.3 Å². The van der Waals surface area contributed by atoms with Crippen LogP contribution in [0.1, 0.15) is 18.5 Å². The lowest BCUT2D eigenvalue weighted by Crippen LogP contribution is -2.28. The van der Waals surface area contributed by atoms with Gasteiger partial charge in [-0.2, -0.15) is 0 Å². The summed E-state index contributed by atoms with van der Waals surface area (Å²) in [6.45, 7) is 6.20. The Morgan fingerprint density at radius 3 is 2.72 bits per heavy atom. The average molecular weight is 448 g/mol. The number of pyridine rings is 1. The molecule has 9 heteroatoms. The van der Waals surface area contributed by atoms with Crippen LogP contribution in [0.15, 0.2) is 60.5 Å². The lowest BCUT2D eigenvalue weighted by molar-refractivity contribution is -0.119. The van der Waals surface area contributed by atoms with Crippen molar-refractivity contribution in [2.24, 2.45) is 0 Å². The third-order valence-electron chi connectivity index (χ3n) is 4.11. The monoisotopic (exact) mass is 447 g/mol. The molecule has 0 radical (unpaired) electrons. The van der Waals surface area contributed by atoms with Crippen molar-refractivity contribution < 1.29 is 4.79 Å². The van der Waals surface area contributed by atoms with Gasteiger partial charge in [0.25, 0.3) is 0 Å². The molecule has 1 aromatic carbocycles. The molecule has 3 rings (SSSR count). The number of nitrogens with one attached hydrogen (secondary N) is 1. The molecule has 29 heavy (non-hydrogen) atoms. The van der Waals surface area contributed by atoms with E-state index >= 15 is 0 Å². The fourth-order valence-corrected chi connectivity index (χ4v) is 4.08. The summed E-state index contributed by atoms with van der Waals surface area (Å²) < 4.78 is 1.92. The topological polar surface area (TPSA) is 72.7 Å². The van der Waals surface area contributed by atoms with Crippen LogP contribution in [0.2, 0.25) is 10.0 Å². The number of benzene rings is 1. The second-order valence-corrected chi connectivity index (χ2v) is 7.97. The minimum absolute atomic E-state index is 0.132. The number of hydrogen-bond acceptors (Lipinski definition) is 5. The fourth-order valence-electron chi connectivity index (χ4n) is 2.75. The number of halogens is 2. The fraction of sp³-hybridized carbons (Fsp3) is 0.200. The molecule has 3 aromatic rings. The van der Waals surface area contributed by atoms with Gasteiger partial charge in [0.1, 0.15) is 0 Å². The molecule has 150 valence electrons. The highest BCUT2D eigenvalue weighted by molar-refractivity contribution is 7.99. The van der Waals surface area contributed by atoms with E-state index in [-0.39, 0.29) is 17.7 Å². The molecule has 2 heterocycles. The summed E-state index contributed by atoms with van der Waals surface area (Å²) in [6, 6.07) is 8.70. The van der Waals surface area contributed by atoms with Crippen LogP contribution >= 0.6 is 35.0 Å². The van der Waals surface area contributed by atoms with E-state index in [1.807, 2.05) is 29.7 Å². The number of thioether (sulfide) groups is 1. The zero-order valence-corrected chi connectivity index (χ0v) is 18.0. The van der Waals surface area contributed by atoms with Crippen LogP contribution < -0.4 is 5.32 Å². The molecule has 1 N–H and O–H groups in total. The Labute approximate surface area is 183 Å². The van der Waals surface area contributed by atoms with Crippen molar-refractivity contribution in [3.63, 3.8) is 0 Å². The van der Waals surface area contributed by atoms with Crippen LogP contribution in [0.5, 0.6) is 0 Å². The van der Waals surface area contributed by atoms with Gasteiger partial charge in [0.2, 0.25) is 5.91 Å². The maximum atomic E-state index is 12.4. The quantitative estimate of drug-likeness (QED) is 0.396. The average Bonchev–Trinajstić information content (AvgIpc) is 3.10. The first-order valence-electron chi connectivity index (χ1n) is 8.81. The van der Waals surface area contributed by atoms with Gasteiger partial charge in [0.15, 0.2) is 11.0 Å². The van der Waals surface area contributed by atoms with Crippen LogP contribution in [0.3, 0.4) is 0 Å². The number of carbonyl (C=O) groups excluding carboxylic acids is 1. The zero-order chi connectivity index (χ0) is 20.8. The summed E-state index contributed by atoms with van der Waals surface area (Å²) in [6.07, 6.45) is 5.17. The van der Waals surface area contributed by atoms with E-state index < -0.39 is 0 Å². The van der Waals surface area contributed by atoms with E-state index in [1.165, 1.54) is 11.8 Å². The minimum atomic E-state index is -0.244. The Kier molecular flexibility index (Phi) is 7.30. The van der Waals surface area contributed by atoms with Crippen molar-refractivity contribution in [1.82, 2.24) is 25.1 Å². The third kappa shape index (κ3) is 5.38. The SMILES string of the molecule is C=CCn1c(SCC(=O)NC(C)c2ccc(Cl)cc2Cl)nnc1-c1ccncc1. The van der Waals surface area contributed by atoms with Crippen molar-refractivity contribution in [2.75, 3.05) is 5.75 Å². The molecular weight excluding hydrogens is 429 g/mol. The third-order valence-corrected chi connectivity index (χ3v) is 5.64. The Morgan fingerprint density at radius 1 is 1.28 bits per heavy atom. The summed E-state index contributed by atoms with van der Waals surface area (Å²) in [4.78, 5) is 16.5. The number of hydrogen-bond donors (Lipinski definition) is 1. The van der Waals surface area contributed by atoms with E-state index in [1.54, 1.807) is 30.6 Å². The molecule has 2 aromatic heterocycles. The van der Waals surface area contributed by atoms with Gasteiger partial charge < -0.3 is 5.32 Å². The normalized spacial score (nSPS) is 11.8. The Balaban J connectivity index is 1.67. The van der Waals surface area contributed by atoms with E-state index in [0.29, 0.717) is 27.6 Å². The molecule has 1 amide bonds. The van der Waals surface area contributed by atoms with Gasteiger partial charge in [-0.05, 0) is 36.8 Å². The van der Waals surface area contributed by atoms with Crippen LogP contribution in [0, 0.1) is 0 Å². The summed E-state index contributed by atoms with van der Waals surface area (Å²) in [7, 11) is 0. The first-order chi connectivity index (χ1) is 14.0. The number of carbonyl (C=O) groups is 1. The maximum Gasteiger partial charge on any atom is 0.230 e. The molecule has 6 nitrogen and oxygen atoms in total. The van der Waals surface area contributed by atoms with Gasteiger partial charge in [0.05, 0.1) is 11.8 Å². The molecule has 0 spiro atoms. The molecular formula is C20H19Cl2N5OS. The molecule has 0 aliphatic rings. The first-order valence-corrected chi connectivity index (χ1v) is 10.6. The number of nitrogens with zero attached hydrogens (tertiary/aromatic N) is 4. The summed E-state index contributed by atoms with van der Waals surface area (Å²) >= 11 is 13.5. The number of allylic oxidation sites excluding steroid dienone is 1. The summed E-state index contributed by atoms with van der Waals surface area (Å²) in [5.41, 5.74) is 1.71. The second kappa shape index (κ2) is 9.91. The van der Waals surface area contributed by atoms with Gasteiger partial charge in [-0.15, -0.1) is 16.8 Å². The number of rotatable bonds is 8. The van der Waals surface area contributed by atoms with E-state index in [2.05, 4.69) is 27.1 Å². The standard InChI is InChI=1S/C20H19Cl2N5OS/c1-3-10-27-19(14-6-8-23-9-7-14)25-26-20(27)29-12-18(28)24-13(2)16-5-4-15(21)11-17(16)22/h3-9,11,13H,1,10,12H2,2H3,(H,24,28). The van der Waals surface area contributed by atoms with E-state index in [4.69, 9.17) is 23.2 Å². The first kappa shape index (κ1) is 21.4. The maximum absolute atomic E-state index is 12.4. The highest BCUT2D eigenvalue weighted by atomic mass is 35.5. The highest BCUT2D eigenvalue weighted by Crippen LogP contribution is 2.27. The predicted octanol–water partition coefficient (Wildman–Crippen LogP) is 4.80. The minimum Gasteiger partial charge on any atom is -0.349 e. The molecule has 0 fully saturated rings. The van der Waals surface area contributed by atoms with Gasteiger partial charge in [0, 0.05) is 34.5 Å². The lowest BCUT2D eigenvalue weighted by Gasteiger charge is -2.16. The van der Waals surface area contributed by atoms with Crippen LogP contribution in [0.4, 0.5) is 0 Å². The molecule has 1 unspecified atom stereocenters. The molecule has 0 aliphatic carbocycles. The molecule has 0 saturated carbocycles. The van der Waals surface area contributed by atoms with Crippen molar-refractivity contribution in [2.45, 2.75) is 24.7 Å². The Bertz CT molecular complexity index is 1010. The van der Waals surface area contributed by atoms with Gasteiger partial charge in [-0.25, -0.2) is 0 Å². The van der Waals surface area contributed by atoms with Crippen molar-refractivity contribution in [3.8, 4) is 11.4 Å². The Hall–Kier alpha value is -2.35. The lowest BCUT2D eigenvalue weighted by atomic mass is 10.1. The molecule has 1 atom stereocenters. The number of amides is 1. The molecule has 0 bridgehead atoms. The van der Waals surface area contributed by atoms with Crippen molar-refractivity contribution in [1.29, 1.82) is 0 Å². The van der Waals surface area contributed by atoms with Crippen LogP contribution in [-0.4, -0.2) is 31.4 Å². The van der Waals surface area contributed by atoms with Crippen molar-refractivity contribution >= 4 is 40.9 Å². The van der Waals surface area contributed by atoms with Gasteiger partial charge >= 0.3 is 0 Å². The molecule has 0 aliphatic heterocycles. The second-order valence-electron chi connectivity index (χ2n) is 6.19. The van der Waals surface area contributed by atoms with Crippen LogP contribution in [0.25, 0.3) is 11.4 Å². The highest BCUT2D eigenvalue weighted by Gasteiger charge is 2.17. The largest absolute Gasteiger partial charge is 0.349 e. The molecule has 0 saturated heterocycles. The van der Waals surface area contributed by atoms with Crippen molar-refractivity contribution in [3.05, 3.63) is 71.0 Å². The predicted molar refractivity (Wildman–Crippen MR) is 117 cm³/mol. The van der Waals surface area contributed by atoms with E-state index in [9.17, 15) is 4.79 Å².